The molecule has 0 aromatic heterocycles. The van der Waals surface area contributed by atoms with E-state index in [1.807, 2.05) is 49.1 Å². The van der Waals surface area contributed by atoms with Gasteiger partial charge in [0.05, 0.1) is 20.3 Å². The normalized spacial score (nSPS) is 20.0. The minimum absolute atomic E-state index is 0.0662. The summed E-state index contributed by atoms with van der Waals surface area (Å²) >= 11 is 0. The van der Waals surface area contributed by atoms with Crippen molar-refractivity contribution in [1.29, 1.82) is 0 Å². The van der Waals surface area contributed by atoms with Gasteiger partial charge in [-0.15, -0.1) is 0 Å². The molecule has 4 atom stereocenters. The maximum Gasteiger partial charge on any atom is 0.241 e. The number of rotatable bonds is 14. The first-order valence-electron chi connectivity index (χ1n) is 14.4. The molecular weight excluding hydrogens is 542 g/mol. The van der Waals surface area contributed by atoms with E-state index in [0.717, 1.165) is 18.4 Å². The zero-order valence-electron chi connectivity index (χ0n) is 25.3. The summed E-state index contributed by atoms with van der Waals surface area (Å²) in [5.41, 5.74) is 0.750. The number of sulfonamides is 1. The average molecular weight is 590 g/mol. The second kappa shape index (κ2) is 14.9. The summed E-state index contributed by atoms with van der Waals surface area (Å²) in [6, 6.07) is 12.6. The van der Waals surface area contributed by atoms with Crippen molar-refractivity contribution >= 4 is 15.9 Å². The van der Waals surface area contributed by atoms with E-state index in [-0.39, 0.29) is 28.5 Å². The number of hydrogen-bond acceptors (Lipinski definition) is 7. The molecule has 0 spiro atoms. The number of methoxy groups -OCH3 is 1. The van der Waals surface area contributed by atoms with Crippen LogP contribution in [0.4, 0.5) is 0 Å². The molecule has 0 bridgehead atoms. The number of carbonyl (C=O) groups excluding carboxylic acids is 1. The Balaban J connectivity index is 1.82. The van der Waals surface area contributed by atoms with Gasteiger partial charge in [0.25, 0.3) is 0 Å². The number of benzene rings is 2. The molecule has 41 heavy (non-hydrogen) atoms. The van der Waals surface area contributed by atoms with Crippen molar-refractivity contribution in [2.24, 2.45) is 17.0 Å². The Morgan fingerprint density at radius 1 is 1.07 bits per heavy atom. The van der Waals surface area contributed by atoms with Gasteiger partial charge in [-0.05, 0) is 95.3 Å². The summed E-state index contributed by atoms with van der Waals surface area (Å²) < 4.78 is 41.3. The van der Waals surface area contributed by atoms with Gasteiger partial charge >= 0.3 is 0 Å². The first-order valence-corrected chi connectivity index (χ1v) is 16.0. The Morgan fingerprint density at radius 3 is 2.37 bits per heavy atom. The third-order valence-electron chi connectivity index (χ3n) is 7.96. The SMILES string of the molecule is CCOc1ccccc1OCCN(C(=O)CC1CC(C)CC[C@H]1N(C)C)[C@H](C)Cc1ccc(OC)c(S(N)(=O)=O)c1. The summed E-state index contributed by atoms with van der Waals surface area (Å²) in [5, 5.41) is 5.45. The lowest BCUT2D eigenvalue weighted by Crippen LogP contribution is -2.46. The van der Waals surface area contributed by atoms with Gasteiger partial charge < -0.3 is 24.0 Å². The molecule has 228 valence electrons. The lowest BCUT2D eigenvalue weighted by atomic mass is 9.76. The van der Waals surface area contributed by atoms with Gasteiger partial charge in [0.15, 0.2) is 11.5 Å². The van der Waals surface area contributed by atoms with Crippen molar-refractivity contribution in [3.05, 3.63) is 48.0 Å². The van der Waals surface area contributed by atoms with Crippen LogP contribution in [0.3, 0.4) is 0 Å². The predicted octanol–water partition coefficient (Wildman–Crippen LogP) is 4.34. The molecule has 0 radical (unpaired) electrons. The molecule has 2 unspecified atom stereocenters. The molecule has 0 aliphatic heterocycles. The number of amides is 1. The highest BCUT2D eigenvalue weighted by molar-refractivity contribution is 7.89. The molecule has 3 rings (SSSR count). The van der Waals surface area contributed by atoms with Crippen LogP contribution < -0.4 is 19.3 Å². The maximum atomic E-state index is 13.9. The van der Waals surface area contributed by atoms with Crippen LogP contribution in [0.1, 0.15) is 52.0 Å². The van der Waals surface area contributed by atoms with Gasteiger partial charge in [-0.2, -0.15) is 0 Å². The van der Waals surface area contributed by atoms with Gasteiger partial charge in [-0.3, -0.25) is 4.79 Å². The molecule has 10 heteroatoms. The van der Waals surface area contributed by atoms with Gasteiger partial charge in [0.2, 0.25) is 15.9 Å². The highest BCUT2D eigenvalue weighted by Crippen LogP contribution is 2.34. The topological polar surface area (TPSA) is 111 Å². The third-order valence-corrected chi connectivity index (χ3v) is 8.89. The number of nitrogens with zero attached hydrogens (tertiary/aromatic N) is 2. The van der Waals surface area contributed by atoms with Crippen molar-refractivity contribution in [1.82, 2.24) is 9.80 Å². The second-order valence-electron chi connectivity index (χ2n) is 11.3. The fraction of sp³-hybridized carbons (Fsp3) is 0.581. The number of carbonyl (C=O) groups is 1. The molecular formula is C31H47N3O6S. The van der Waals surface area contributed by atoms with E-state index in [4.69, 9.17) is 19.3 Å². The molecule has 1 aliphatic rings. The van der Waals surface area contributed by atoms with Crippen LogP contribution in [-0.4, -0.2) is 77.2 Å². The van der Waals surface area contributed by atoms with Crippen LogP contribution in [0.2, 0.25) is 0 Å². The summed E-state index contributed by atoms with van der Waals surface area (Å²) in [6.07, 6.45) is 4.18. The first kappa shape index (κ1) is 32.7. The minimum Gasteiger partial charge on any atom is -0.495 e. The minimum atomic E-state index is -3.97. The largest absolute Gasteiger partial charge is 0.495 e. The summed E-state index contributed by atoms with van der Waals surface area (Å²) in [6.45, 7) is 7.38. The number of ether oxygens (including phenoxy) is 3. The van der Waals surface area contributed by atoms with Gasteiger partial charge in [-0.1, -0.05) is 25.1 Å². The summed E-state index contributed by atoms with van der Waals surface area (Å²) in [5.74, 6) is 2.43. The zero-order valence-corrected chi connectivity index (χ0v) is 26.2. The Morgan fingerprint density at radius 2 is 1.76 bits per heavy atom. The lowest BCUT2D eigenvalue weighted by Gasteiger charge is -2.40. The lowest BCUT2D eigenvalue weighted by molar-refractivity contribution is -0.135. The van der Waals surface area contributed by atoms with E-state index < -0.39 is 10.0 Å². The van der Waals surface area contributed by atoms with Crippen LogP contribution in [0.25, 0.3) is 0 Å². The van der Waals surface area contributed by atoms with Crippen molar-refractivity contribution in [2.75, 3.05) is 41.0 Å². The smallest absolute Gasteiger partial charge is 0.241 e. The standard InChI is InChI=1S/C31H47N3O6S/c1-7-39-27-10-8-9-11-28(27)40-17-16-34(31(35)21-25-18-22(2)12-14-26(25)33(4)5)23(3)19-24-13-15-29(38-6)30(20-24)41(32,36)37/h8-11,13,15,20,22-23,25-26H,7,12,14,16-19,21H2,1-6H3,(H2,32,36,37)/t22?,23-,25?,26-/m1/s1. The molecule has 1 saturated carbocycles. The van der Waals surface area contributed by atoms with Crippen molar-refractivity contribution < 1.29 is 27.4 Å². The number of nitrogens with two attached hydrogens (primary N) is 1. The molecule has 1 fully saturated rings. The van der Waals surface area contributed by atoms with Crippen LogP contribution in [-0.2, 0) is 21.2 Å². The van der Waals surface area contributed by atoms with Crippen LogP contribution in [0, 0.1) is 11.8 Å². The quantitative estimate of drug-likeness (QED) is 0.349. The number of hydrogen-bond donors (Lipinski definition) is 1. The fourth-order valence-electron chi connectivity index (χ4n) is 5.93. The molecule has 9 nitrogen and oxygen atoms in total. The molecule has 2 aromatic rings. The maximum absolute atomic E-state index is 13.9. The Hall–Kier alpha value is -2.82. The van der Waals surface area contributed by atoms with Crippen LogP contribution >= 0.6 is 0 Å². The predicted molar refractivity (Wildman–Crippen MR) is 161 cm³/mol. The highest BCUT2D eigenvalue weighted by atomic mass is 32.2. The van der Waals surface area contributed by atoms with Crippen molar-refractivity contribution in [3.63, 3.8) is 0 Å². The number of para-hydroxylation sites is 2. The van der Waals surface area contributed by atoms with Gasteiger partial charge in [0, 0.05) is 18.5 Å². The summed E-state index contributed by atoms with van der Waals surface area (Å²) in [4.78, 5) is 18.0. The molecule has 2 aromatic carbocycles. The highest BCUT2D eigenvalue weighted by Gasteiger charge is 2.33. The van der Waals surface area contributed by atoms with E-state index in [1.165, 1.54) is 19.6 Å². The zero-order chi connectivity index (χ0) is 30.2. The first-order chi connectivity index (χ1) is 19.4. The third kappa shape index (κ3) is 9.08. The molecule has 1 amide bonds. The average Bonchev–Trinajstić information content (AvgIpc) is 2.91. The van der Waals surface area contributed by atoms with E-state index in [2.05, 4.69) is 25.9 Å². The van der Waals surface area contributed by atoms with Crippen LogP contribution in [0.15, 0.2) is 47.4 Å². The Labute approximate surface area is 246 Å². The fourth-order valence-corrected chi connectivity index (χ4v) is 6.68. The van der Waals surface area contributed by atoms with Gasteiger partial charge in [0.1, 0.15) is 17.3 Å². The van der Waals surface area contributed by atoms with Crippen molar-refractivity contribution in [2.45, 2.75) is 69.9 Å². The Bertz CT molecular complexity index is 1250. The Kier molecular flexibility index (Phi) is 11.9. The van der Waals surface area contributed by atoms with Gasteiger partial charge in [-0.25, -0.2) is 13.6 Å². The van der Waals surface area contributed by atoms with E-state index >= 15 is 0 Å². The molecule has 0 saturated heterocycles. The van der Waals surface area contributed by atoms with E-state index in [1.54, 1.807) is 6.07 Å². The molecule has 0 heterocycles. The van der Waals surface area contributed by atoms with Crippen molar-refractivity contribution in [3.8, 4) is 17.2 Å². The second-order valence-corrected chi connectivity index (χ2v) is 12.8. The molecule has 1 aliphatic carbocycles. The van der Waals surface area contributed by atoms with E-state index in [0.29, 0.717) is 56.1 Å². The number of primary sulfonamides is 1. The molecule has 2 N–H and O–H groups in total. The monoisotopic (exact) mass is 589 g/mol. The van der Waals surface area contributed by atoms with Crippen LogP contribution in [0.5, 0.6) is 17.2 Å². The summed E-state index contributed by atoms with van der Waals surface area (Å²) in [7, 11) is 1.62. The van der Waals surface area contributed by atoms with E-state index in [9.17, 15) is 13.2 Å².